The average molecular weight is 326 g/mol. The standard InChI is InChI=1S/C19H19FN2O2/c1-3-19(23)22-18(14-6-10-16(24-2)11-7-14)12-17(21-22)13-4-8-15(20)9-5-13/h4-11,18H,3,12H2,1-2H3/t18-/m1/s1. The number of carbonyl (C=O) groups is 1. The maximum Gasteiger partial charge on any atom is 0.242 e. The smallest absolute Gasteiger partial charge is 0.242 e. The Bertz CT molecular complexity index is 754. The minimum atomic E-state index is -0.287. The third-order valence-corrected chi connectivity index (χ3v) is 4.15. The normalized spacial score (nSPS) is 16.9. The first-order valence-corrected chi connectivity index (χ1v) is 7.91. The number of ether oxygens (including phenoxy) is 1. The topological polar surface area (TPSA) is 41.9 Å². The molecule has 0 unspecified atom stereocenters. The lowest BCUT2D eigenvalue weighted by Crippen LogP contribution is -2.26. The molecule has 0 fully saturated rings. The predicted molar refractivity (Wildman–Crippen MR) is 90.4 cm³/mol. The zero-order chi connectivity index (χ0) is 17.1. The molecule has 0 spiro atoms. The Balaban J connectivity index is 1.91. The predicted octanol–water partition coefficient (Wildman–Crippen LogP) is 3.92. The van der Waals surface area contributed by atoms with Gasteiger partial charge in [0.05, 0.1) is 18.9 Å². The van der Waals surface area contributed by atoms with Gasteiger partial charge in [0.1, 0.15) is 11.6 Å². The van der Waals surface area contributed by atoms with Crippen LogP contribution in [0.15, 0.2) is 53.6 Å². The van der Waals surface area contributed by atoms with Crippen molar-refractivity contribution in [2.45, 2.75) is 25.8 Å². The molecule has 2 aromatic carbocycles. The van der Waals surface area contributed by atoms with E-state index < -0.39 is 0 Å². The fraction of sp³-hybridized carbons (Fsp3) is 0.263. The molecular formula is C19H19FN2O2. The molecule has 3 rings (SSSR count). The first kappa shape index (κ1) is 16.2. The molecule has 0 saturated carbocycles. The van der Waals surface area contributed by atoms with Crippen LogP contribution >= 0.6 is 0 Å². The summed E-state index contributed by atoms with van der Waals surface area (Å²) in [6, 6.07) is 13.7. The van der Waals surface area contributed by atoms with Gasteiger partial charge in [-0.15, -0.1) is 0 Å². The maximum atomic E-state index is 13.1. The highest BCUT2D eigenvalue weighted by atomic mass is 19.1. The molecule has 0 aliphatic carbocycles. The molecule has 1 heterocycles. The van der Waals surface area contributed by atoms with Gasteiger partial charge in [0.2, 0.25) is 5.91 Å². The maximum absolute atomic E-state index is 13.1. The van der Waals surface area contributed by atoms with E-state index >= 15 is 0 Å². The lowest BCUT2D eigenvalue weighted by Gasteiger charge is -2.21. The Morgan fingerprint density at radius 3 is 2.46 bits per heavy atom. The number of carbonyl (C=O) groups excluding carboxylic acids is 1. The quantitative estimate of drug-likeness (QED) is 0.854. The number of methoxy groups -OCH3 is 1. The highest BCUT2D eigenvalue weighted by Crippen LogP contribution is 2.34. The van der Waals surface area contributed by atoms with Crippen LogP contribution in [-0.4, -0.2) is 23.7 Å². The van der Waals surface area contributed by atoms with Crippen LogP contribution in [0.25, 0.3) is 0 Å². The van der Waals surface area contributed by atoms with Crippen LogP contribution in [-0.2, 0) is 4.79 Å². The number of nitrogens with zero attached hydrogens (tertiary/aromatic N) is 2. The summed E-state index contributed by atoms with van der Waals surface area (Å²) in [4.78, 5) is 12.3. The summed E-state index contributed by atoms with van der Waals surface area (Å²) < 4.78 is 18.3. The minimum Gasteiger partial charge on any atom is -0.497 e. The van der Waals surface area contributed by atoms with E-state index in [-0.39, 0.29) is 17.8 Å². The Kier molecular flexibility index (Phi) is 4.60. The van der Waals surface area contributed by atoms with E-state index in [1.165, 1.54) is 12.1 Å². The van der Waals surface area contributed by atoms with Gasteiger partial charge in [-0.05, 0) is 35.4 Å². The Morgan fingerprint density at radius 2 is 1.88 bits per heavy atom. The van der Waals surface area contributed by atoms with E-state index in [1.54, 1.807) is 24.3 Å². The van der Waals surface area contributed by atoms with Gasteiger partial charge in [-0.2, -0.15) is 5.10 Å². The van der Waals surface area contributed by atoms with Gasteiger partial charge >= 0.3 is 0 Å². The highest BCUT2D eigenvalue weighted by molar-refractivity contribution is 6.03. The lowest BCUT2D eigenvalue weighted by molar-refractivity contribution is -0.132. The number of benzene rings is 2. The molecule has 0 radical (unpaired) electrons. The molecular weight excluding hydrogens is 307 g/mol. The molecule has 0 aromatic heterocycles. The van der Waals surface area contributed by atoms with Crippen LogP contribution in [0.5, 0.6) is 5.75 Å². The third kappa shape index (κ3) is 3.15. The zero-order valence-corrected chi connectivity index (χ0v) is 13.7. The van der Waals surface area contributed by atoms with Gasteiger partial charge < -0.3 is 4.74 Å². The number of halogens is 1. The van der Waals surface area contributed by atoms with Gasteiger partial charge in [0.25, 0.3) is 0 Å². The van der Waals surface area contributed by atoms with Crippen LogP contribution in [0.4, 0.5) is 4.39 Å². The van der Waals surface area contributed by atoms with Crippen molar-refractivity contribution in [3.63, 3.8) is 0 Å². The SMILES string of the molecule is CCC(=O)N1N=C(c2ccc(F)cc2)C[C@@H]1c1ccc(OC)cc1. The molecule has 24 heavy (non-hydrogen) atoms. The highest BCUT2D eigenvalue weighted by Gasteiger charge is 2.32. The largest absolute Gasteiger partial charge is 0.497 e. The van der Waals surface area contributed by atoms with E-state index in [0.717, 1.165) is 22.6 Å². The molecule has 1 atom stereocenters. The molecule has 5 heteroatoms. The fourth-order valence-electron chi connectivity index (χ4n) is 2.80. The van der Waals surface area contributed by atoms with Gasteiger partial charge in [-0.25, -0.2) is 9.40 Å². The summed E-state index contributed by atoms with van der Waals surface area (Å²) in [6.45, 7) is 1.82. The van der Waals surface area contributed by atoms with Crippen molar-refractivity contribution in [2.75, 3.05) is 7.11 Å². The number of hydrogen-bond donors (Lipinski definition) is 0. The van der Waals surface area contributed by atoms with Crippen molar-refractivity contribution in [3.05, 3.63) is 65.5 Å². The third-order valence-electron chi connectivity index (χ3n) is 4.15. The number of hydrogen-bond acceptors (Lipinski definition) is 3. The van der Waals surface area contributed by atoms with Gasteiger partial charge in [-0.3, -0.25) is 4.79 Å². The molecule has 0 N–H and O–H groups in total. The summed E-state index contributed by atoms with van der Waals surface area (Å²) in [6.07, 6.45) is 0.983. The summed E-state index contributed by atoms with van der Waals surface area (Å²) in [5.74, 6) is 0.447. The first-order chi connectivity index (χ1) is 11.6. The minimum absolute atomic E-state index is 0.0343. The fourth-order valence-corrected chi connectivity index (χ4v) is 2.80. The average Bonchev–Trinajstić information content (AvgIpc) is 3.07. The van der Waals surface area contributed by atoms with Crippen LogP contribution in [0.1, 0.15) is 36.9 Å². The first-order valence-electron chi connectivity index (χ1n) is 7.91. The molecule has 1 aliphatic rings. The number of amides is 1. The van der Waals surface area contributed by atoms with Crippen LogP contribution < -0.4 is 4.74 Å². The monoisotopic (exact) mass is 326 g/mol. The second-order valence-electron chi connectivity index (χ2n) is 5.64. The van der Waals surface area contributed by atoms with Crippen molar-refractivity contribution >= 4 is 11.6 Å². The van der Waals surface area contributed by atoms with E-state index in [4.69, 9.17) is 4.74 Å². The molecule has 1 amide bonds. The van der Waals surface area contributed by atoms with Crippen molar-refractivity contribution in [1.82, 2.24) is 5.01 Å². The van der Waals surface area contributed by atoms with Crippen molar-refractivity contribution in [3.8, 4) is 5.75 Å². The summed E-state index contributed by atoms with van der Waals surface area (Å²) in [5, 5.41) is 6.05. The number of hydrazone groups is 1. The zero-order valence-electron chi connectivity index (χ0n) is 13.7. The molecule has 1 aliphatic heterocycles. The number of rotatable bonds is 4. The van der Waals surface area contributed by atoms with Gasteiger partial charge in [-0.1, -0.05) is 31.2 Å². The summed E-state index contributed by atoms with van der Waals surface area (Å²) >= 11 is 0. The summed E-state index contributed by atoms with van der Waals surface area (Å²) in [5.41, 5.74) is 2.62. The van der Waals surface area contributed by atoms with E-state index in [9.17, 15) is 9.18 Å². The second-order valence-corrected chi connectivity index (χ2v) is 5.64. The lowest BCUT2D eigenvalue weighted by atomic mass is 9.98. The summed E-state index contributed by atoms with van der Waals surface area (Å²) in [7, 11) is 1.62. The van der Waals surface area contributed by atoms with Gasteiger partial charge in [0, 0.05) is 12.8 Å². The van der Waals surface area contributed by atoms with Crippen LogP contribution in [0, 0.1) is 5.82 Å². The van der Waals surface area contributed by atoms with Crippen LogP contribution in [0.2, 0.25) is 0 Å². The second kappa shape index (κ2) is 6.83. The molecule has 4 nitrogen and oxygen atoms in total. The van der Waals surface area contributed by atoms with Crippen molar-refractivity contribution in [2.24, 2.45) is 5.10 Å². The van der Waals surface area contributed by atoms with E-state index in [1.807, 2.05) is 31.2 Å². The van der Waals surface area contributed by atoms with Crippen molar-refractivity contribution < 1.29 is 13.9 Å². The Morgan fingerprint density at radius 1 is 1.21 bits per heavy atom. The van der Waals surface area contributed by atoms with E-state index in [0.29, 0.717) is 12.8 Å². The Hall–Kier alpha value is -2.69. The Labute approximate surface area is 140 Å². The van der Waals surface area contributed by atoms with Gasteiger partial charge in [0.15, 0.2) is 0 Å². The molecule has 2 aromatic rings. The molecule has 0 bridgehead atoms. The van der Waals surface area contributed by atoms with Crippen LogP contribution in [0.3, 0.4) is 0 Å². The molecule has 0 saturated heterocycles. The molecule has 124 valence electrons. The van der Waals surface area contributed by atoms with Crippen molar-refractivity contribution in [1.29, 1.82) is 0 Å². The van der Waals surface area contributed by atoms with E-state index in [2.05, 4.69) is 5.10 Å².